The van der Waals surface area contributed by atoms with Crippen molar-refractivity contribution in [1.29, 1.82) is 0 Å². The third kappa shape index (κ3) is 1.94. The summed E-state index contributed by atoms with van der Waals surface area (Å²) in [6.45, 7) is 0. The van der Waals surface area contributed by atoms with Crippen molar-refractivity contribution >= 4 is 16.8 Å². The third-order valence-electron chi connectivity index (χ3n) is 1.93. The van der Waals surface area contributed by atoms with Gasteiger partial charge in [-0.3, -0.25) is 4.79 Å². The van der Waals surface area contributed by atoms with Crippen LogP contribution in [-0.4, -0.2) is 11.4 Å². The van der Waals surface area contributed by atoms with E-state index < -0.39 is 6.17 Å². The van der Waals surface area contributed by atoms with Gasteiger partial charge in [0.25, 0.3) is 0 Å². The highest BCUT2D eigenvalue weighted by Crippen LogP contribution is 2.27. The van der Waals surface area contributed by atoms with E-state index in [2.05, 4.69) is 0 Å². The molecule has 58 valence electrons. The van der Waals surface area contributed by atoms with Crippen molar-refractivity contribution in [2.75, 3.05) is 0 Å². The van der Waals surface area contributed by atoms with Crippen molar-refractivity contribution in [3.8, 4) is 0 Å². The van der Waals surface area contributed by atoms with Crippen molar-refractivity contribution in [2.24, 2.45) is 5.92 Å². The molecule has 2 unspecified atom stereocenters. The fraction of sp³-hybridized carbons (Fsp3) is 0.857. The number of alkyl halides is 1. The van der Waals surface area contributed by atoms with Crippen LogP contribution in [0.1, 0.15) is 25.7 Å². The van der Waals surface area contributed by atoms with Crippen molar-refractivity contribution < 1.29 is 9.18 Å². The first-order valence-corrected chi connectivity index (χ1v) is 3.91. The Kier molecular flexibility index (Phi) is 2.66. The van der Waals surface area contributed by atoms with Crippen LogP contribution in [0, 0.1) is 5.92 Å². The average Bonchev–Trinajstić information content (AvgIpc) is 1.88. The molecule has 1 rings (SSSR count). The first-order chi connectivity index (χ1) is 4.70. The lowest BCUT2D eigenvalue weighted by Gasteiger charge is -2.20. The van der Waals surface area contributed by atoms with E-state index in [0.29, 0.717) is 12.8 Å². The average molecular weight is 165 g/mol. The lowest BCUT2D eigenvalue weighted by atomic mass is 9.89. The molecule has 0 aromatic heterocycles. The molecule has 0 heterocycles. The van der Waals surface area contributed by atoms with Crippen LogP contribution in [0.15, 0.2) is 0 Å². The summed E-state index contributed by atoms with van der Waals surface area (Å²) in [5, 5.41) is -0.373. The van der Waals surface area contributed by atoms with E-state index in [1.54, 1.807) is 0 Å². The first-order valence-electron chi connectivity index (χ1n) is 3.53. The lowest BCUT2D eigenvalue weighted by Crippen LogP contribution is -2.20. The molecule has 0 aliphatic heterocycles. The second-order valence-electron chi connectivity index (χ2n) is 2.76. The van der Waals surface area contributed by atoms with E-state index in [4.69, 9.17) is 11.6 Å². The minimum absolute atomic E-state index is 0.217. The zero-order chi connectivity index (χ0) is 7.56. The van der Waals surface area contributed by atoms with E-state index in [1.165, 1.54) is 0 Å². The molecule has 1 fully saturated rings. The van der Waals surface area contributed by atoms with Crippen LogP contribution in [-0.2, 0) is 4.79 Å². The molecule has 1 saturated carbocycles. The highest BCUT2D eigenvalue weighted by molar-refractivity contribution is 6.63. The van der Waals surface area contributed by atoms with Crippen molar-refractivity contribution in [2.45, 2.75) is 31.9 Å². The van der Waals surface area contributed by atoms with E-state index in [0.717, 1.165) is 12.8 Å². The quantitative estimate of drug-likeness (QED) is 0.544. The van der Waals surface area contributed by atoms with Gasteiger partial charge in [-0.15, -0.1) is 0 Å². The molecule has 0 amide bonds. The van der Waals surface area contributed by atoms with Gasteiger partial charge in [-0.2, -0.15) is 0 Å². The number of hydrogen-bond donors (Lipinski definition) is 0. The standard InChI is InChI=1S/C7H10ClFO/c8-7(10)5-2-1-3-6(9)4-5/h5-6H,1-4H2. The van der Waals surface area contributed by atoms with E-state index in [9.17, 15) is 9.18 Å². The third-order valence-corrected chi connectivity index (χ3v) is 2.24. The Hall–Kier alpha value is -0.110. The molecule has 2 atom stereocenters. The summed E-state index contributed by atoms with van der Waals surface area (Å²) in [6.07, 6.45) is 1.69. The van der Waals surface area contributed by atoms with Gasteiger partial charge in [0.2, 0.25) is 5.24 Å². The maximum Gasteiger partial charge on any atom is 0.224 e. The van der Waals surface area contributed by atoms with Gasteiger partial charge in [0, 0.05) is 5.92 Å². The van der Waals surface area contributed by atoms with E-state index in [-0.39, 0.29) is 11.2 Å². The number of rotatable bonds is 1. The molecule has 3 heteroatoms. The monoisotopic (exact) mass is 164 g/mol. The summed E-state index contributed by atoms with van der Waals surface area (Å²) in [4.78, 5) is 10.5. The lowest BCUT2D eigenvalue weighted by molar-refractivity contribution is -0.116. The fourth-order valence-electron chi connectivity index (χ4n) is 1.34. The Morgan fingerprint density at radius 2 is 2.20 bits per heavy atom. The van der Waals surface area contributed by atoms with Crippen LogP contribution < -0.4 is 0 Å². The predicted molar refractivity (Wildman–Crippen MR) is 37.7 cm³/mol. The SMILES string of the molecule is O=C(Cl)C1CCCC(F)C1. The van der Waals surface area contributed by atoms with Gasteiger partial charge in [0.15, 0.2) is 0 Å². The van der Waals surface area contributed by atoms with Gasteiger partial charge in [0.05, 0.1) is 0 Å². The topological polar surface area (TPSA) is 17.1 Å². The summed E-state index contributed by atoms with van der Waals surface area (Å²) in [5.74, 6) is -0.217. The van der Waals surface area contributed by atoms with Crippen LogP contribution >= 0.6 is 11.6 Å². The molecule has 0 saturated heterocycles. The molecule has 10 heavy (non-hydrogen) atoms. The second-order valence-corrected chi connectivity index (χ2v) is 3.14. The van der Waals surface area contributed by atoms with Crippen LogP contribution in [0.3, 0.4) is 0 Å². The van der Waals surface area contributed by atoms with Gasteiger partial charge in [-0.05, 0) is 37.3 Å². The Labute approximate surface area is 64.6 Å². The Balaban J connectivity index is 2.39. The molecule has 0 bridgehead atoms. The highest BCUT2D eigenvalue weighted by atomic mass is 35.5. The van der Waals surface area contributed by atoms with Gasteiger partial charge in [0.1, 0.15) is 6.17 Å². The second kappa shape index (κ2) is 3.33. The van der Waals surface area contributed by atoms with Gasteiger partial charge in [-0.1, -0.05) is 0 Å². The predicted octanol–water partition coefficient (Wildman–Crippen LogP) is 2.28. The normalized spacial score (nSPS) is 33.8. The summed E-state index contributed by atoms with van der Waals surface area (Å²) in [6, 6.07) is 0. The van der Waals surface area contributed by atoms with Crippen LogP contribution in [0.2, 0.25) is 0 Å². The van der Waals surface area contributed by atoms with E-state index >= 15 is 0 Å². The largest absolute Gasteiger partial charge is 0.281 e. The van der Waals surface area contributed by atoms with Crippen LogP contribution in [0.4, 0.5) is 4.39 Å². The molecule has 0 aromatic carbocycles. The van der Waals surface area contributed by atoms with Crippen molar-refractivity contribution in [3.05, 3.63) is 0 Å². The minimum atomic E-state index is -0.804. The van der Waals surface area contributed by atoms with Gasteiger partial charge in [-0.25, -0.2) is 4.39 Å². The van der Waals surface area contributed by atoms with Gasteiger partial charge < -0.3 is 0 Å². The summed E-state index contributed by atoms with van der Waals surface area (Å²) >= 11 is 5.22. The van der Waals surface area contributed by atoms with Crippen molar-refractivity contribution in [3.63, 3.8) is 0 Å². The molecule has 0 spiro atoms. The number of carbonyl (C=O) groups excluding carboxylic acids is 1. The molecule has 0 radical (unpaired) electrons. The number of carbonyl (C=O) groups is 1. The number of halogens is 2. The molecule has 1 nitrogen and oxygen atoms in total. The van der Waals surface area contributed by atoms with E-state index in [1.807, 2.05) is 0 Å². The molecular weight excluding hydrogens is 155 g/mol. The van der Waals surface area contributed by atoms with Gasteiger partial charge >= 0.3 is 0 Å². The zero-order valence-electron chi connectivity index (χ0n) is 5.65. The summed E-state index contributed by atoms with van der Waals surface area (Å²) in [7, 11) is 0. The zero-order valence-corrected chi connectivity index (χ0v) is 6.40. The number of hydrogen-bond acceptors (Lipinski definition) is 1. The maximum atomic E-state index is 12.6. The molecule has 1 aliphatic carbocycles. The van der Waals surface area contributed by atoms with Crippen LogP contribution in [0.25, 0.3) is 0 Å². The Morgan fingerprint density at radius 1 is 1.50 bits per heavy atom. The molecule has 0 N–H and O–H groups in total. The molecule has 1 aliphatic rings. The van der Waals surface area contributed by atoms with Crippen molar-refractivity contribution in [1.82, 2.24) is 0 Å². The summed E-state index contributed by atoms with van der Waals surface area (Å²) < 4.78 is 12.6. The first kappa shape index (κ1) is 7.99. The molecular formula is C7H10ClFO. The summed E-state index contributed by atoms with van der Waals surface area (Å²) in [5.41, 5.74) is 0. The smallest absolute Gasteiger partial charge is 0.224 e. The Bertz CT molecular complexity index is 138. The fourth-order valence-corrected chi connectivity index (χ4v) is 1.53. The highest BCUT2D eigenvalue weighted by Gasteiger charge is 2.25. The van der Waals surface area contributed by atoms with Crippen LogP contribution in [0.5, 0.6) is 0 Å². The Morgan fingerprint density at radius 3 is 2.60 bits per heavy atom. The molecule has 0 aromatic rings. The maximum absolute atomic E-state index is 12.6. The minimum Gasteiger partial charge on any atom is -0.281 e.